The SMILES string of the molecule is C[C@H]1CCCC/C1=N/Nc1ccc(C(=O)[O-])cc1. The first kappa shape index (κ1) is 12.6. The van der Waals surface area contributed by atoms with Crippen molar-refractivity contribution in [1.82, 2.24) is 0 Å². The van der Waals surface area contributed by atoms with Crippen LogP contribution in [-0.4, -0.2) is 11.7 Å². The fraction of sp³-hybridized carbons (Fsp3) is 0.429. The van der Waals surface area contributed by atoms with Crippen molar-refractivity contribution in [2.24, 2.45) is 11.0 Å². The predicted molar refractivity (Wildman–Crippen MR) is 69.5 cm³/mol. The van der Waals surface area contributed by atoms with Crippen LogP contribution in [0, 0.1) is 5.92 Å². The van der Waals surface area contributed by atoms with Gasteiger partial charge in [-0.1, -0.05) is 25.5 Å². The fourth-order valence-electron chi connectivity index (χ4n) is 2.15. The molecular formula is C14H17N2O2-. The van der Waals surface area contributed by atoms with Crippen LogP contribution in [0.1, 0.15) is 43.0 Å². The van der Waals surface area contributed by atoms with E-state index in [9.17, 15) is 9.90 Å². The number of carbonyl (C=O) groups is 1. The van der Waals surface area contributed by atoms with Crippen molar-refractivity contribution in [3.8, 4) is 0 Å². The van der Waals surface area contributed by atoms with E-state index in [2.05, 4.69) is 17.5 Å². The average molecular weight is 245 g/mol. The summed E-state index contributed by atoms with van der Waals surface area (Å²) in [7, 11) is 0. The number of carboxylic acids is 1. The van der Waals surface area contributed by atoms with Crippen molar-refractivity contribution >= 4 is 17.4 Å². The van der Waals surface area contributed by atoms with E-state index in [0.717, 1.165) is 12.1 Å². The Morgan fingerprint density at radius 1 is 1.33 bits per heavy atom. The highest BCUT2D eigenvalue weighted by Gasteiger charge is 2.15. The summed E-state index contributed by atoms with van der Waals surface area (Å²) in [6.07, 6.45) is 4.73. The lowest BCUT2D eigenvalue weighted by molar-refractivity contribution is -0.255. The normalized spacial score (nSPS) is 21.8. The number of aromatic carboxylic acids is 1. The van der Waals surface area contributed by atoms with E-state index < -0.39 is 5.97 Å². The maximum absolute atomic E-state index is 10.6. The van der Waals surface area contributed by atoms with Gasteiger partial charge < -0.3 is 9.90 Å². The molecular weight excluding hydrogens is 228 g/mol. The third-order valence-electron chi connectivity index (χ3n) is 3.34. The molecule has 1 aliphatic carbocycles. The van der Waals surface area contributed by atoms with Crippen molar-refractivity contribution in [3.63, 3.8) is 0 Å². The summed E-state index contributed by atoms with van der Waals surface area (Å²) in [5.41, 5.74) is 5.16. The molecule has 1 aromatic carbocycles. The lowest BCUT2D eigenvalue weighted by Gasteiger charge is -2.20. The van der Waals surface area contributed by atoms with Crippen LogP contribution < -0.4 is 10.5 Å². The molecule has 1 saturated carbocycles. The second-order valence-corrected chi connectivity index (χ2v) is 4.73. The van der Waals surface area contributed by atoms with Gasteiger partial charge >= 0.3 is 0 Å². The Morgan fingerprint density at radius 2 is 2.06 bits per heavy atom. The molecule has 1 aromatic rings. The summed E-state index contributed by atoms with van der Waals surface area (Å²) < 4.78 is 0. The molecule has 0 saturated heterocycles. The monoisotopic (exact) mass is 245 g/mol. The van der Waals surface area contributed by atoms with Gasteiger partial charge in [0.15, 0.2) is 0 Å². The highest BCUT2D eigenvalue weighted by Crippen LogP contribution is 2.21. The molecule has 0 aliphatic heterocycles. The van der Waals surface area contributed by atoms with Gasteiger partial charge in [0.1, 0.15) is 0 Å². The van der Waals surface area contributed by atoms with Crippen molar-refractivity contribution in [2.75, 3.05) is 5.43 Å². The first-order chi connectivity index (χ1) is 8.66. The summed E-state index contributed by atoms with van der Waals surface area (Å²) in [6, 6.07) is 6.43. The Morgan fingerprint density at radius 3 is 2.67 bits per heavy atom. The van der Waals surface area contributed by atoms with Gasteiger partial charge in [-0.25, -0.2) is 0 Å². The van der Waals surface area contributed by atoms with E-state index in [0.29, 0.717) is 5.92 Å². The van der Waals surface area contributed by atoms with Crippen molar-refractivity contribution < 1.29 is 9.90 Å². The topological polar surface area (TPSA) is 64.5 Å². The van der Waals surface area contributed by atoms with E-state index in [1.807, 2.05) is 0 Å². The molecule has 4 nitrogen and oxygen atoms in total. The summed E-state index contributed by atoms with van der Waals surface area (Å²) in [6.45, 7) is 2.19. The molecule has 0 radical (unpaired) electrons. The summed E-state index contributed by atoms with van der Waals surface area (Å²) in [4.78, 5) is 10.6. The standard InChI is InChI=1S/C14H18N2O2/c1-10-4-2-3-5-13(10)16-15-12-8-6-11(7-9-12)14(17)18/h6-10,15H,2-5H2,1H3,(H,17,18)/p-1/b16-13-/t10-/m0/s1. The number of hydrogen-bond acceptors (Lipinski definition) is 4. The molecule has 96 valence electrons. The summed E-state index contributed by atoms with van der Waals surface area (Å²) >= 11 is 0. The van der Waals surface area contributed by atoms with E-state index in [-0.39, 0.29) is 5.56 Å². The number of hydrazone groups is 1. The average Bonchev–Trinajstić information content (AvgIpc) is 2.38. The van der Waals surface area contributed by atoms with Crippen LogP contribution in [0.2, 0.25) is 0 Å². The zero-order chi connectivity index (χ0) is 13.0. The highest BCUT2D eigenvalue weighted by molar-refractivity contribution is 5.88. The summed E-state index contributed by atoms with van der Waals surface area (Å²) in [5, 5.41) is 15.0. The Balaban J connectivity index is 2.01. The minimum Gasteiger partial charge on any atom is -0.545 e. The number of carbonyl (C=O) groups excluding carboxylic acids is 1. The number of hydrogen-bond donors (Lipinski definition) is 1. The number of carboxylic acid groups (broad SMARTS) is 1. The largest absolute Gasteiger partial charge is 0.545 e. The van der Waals surface area contributed by atoms with Gasteiger partial charge in [-0.05, 0) is 42.9 Å². The molecule has 0 bridgehead atoms. The molecule has 0 amide bonds. The highest BCUT2D eigenvalue weighted by atomic mass is 16.4. The quantitative estimate of drug-likeness (QED) is 0.829. The van der Waals surface area contributed by atoms with Crippen LogP contribution in [-0.2, 0) is 0 Å². The van der Waals surface area contributed by atoms with Gasteiger partial charge in [-0.15, -0.1) is 0 Å². The molecule has 1 fully saturated rings. The Kier molecular flexibility index (Phi) is 3.97. The van der Waals surface area contributed by atoms with E-state index >= 15 is 0 Å². The van der Waals surface area contributed by atoms with Crippen LogP contribution in [0.5, 0.6) is 0 Å². The molecule has 2 rings (SSSR count). The molecule has 1 atom stereocenters. The Hall–Kier alpha value is -1.84. The summed E-state index contributed by atoms with van der Waals surface area (Å²) in [5.74, 6) is -0.623. The zero-order valence-electron chi connectivity index (χ0n) is 10.5. The van der Waals surface area contributed by atoms with Crippen LogP contribution in [0.4, 0.5) is 5.69 Å². The molecule has 0 aromatic heterocycles. The lowest BCUT2D eigenvalue weighted by Crippen LogP contribution is -2.22. The molecule has 18 heavy (non-hydrogen) atoms. The number of nitrogens with zero attached hydrogens (tertiary/aromatic N) is 1. The Bertz CT molecular complexity index is 451. The van der Waals surface area contributed by atoms with Gasteiger partial charge in [0.05, 0.1) is 11.7 Å². The van der Waals surface area contributed by atoms with Gasteiger partial charge in [-0.2, -0.15) is 5.10 Å². The van der Waals surface area contributed by atoms with Crippen molar-refractivity contribution in [2.45, 2.75) is 32.6 Å². The second-order valence-electron chi connectivity index (χ2n) is 4.73. The minimum absolute atomic E-state index is 0.180. The van der Waals surface area contributed by atoms with Gasteiger partial charge in [0, 0.05) is 5.71 Å². The lowest BCUT2D eigenvalue weighted by atomic mass is 9.89. The van der Waals surface area contributed by atoms with Crippen LogP contribution in [0.15, 0.2) is 29.4 Å². The third kappa shape index (κ3) is 3.09. The van der Waals surface area contributed by atoms with Crippen molar-refractivity contribution in [3.05, 3.63) is 29.8 Å². The fourth-order valence-corrected chi connectivity index (χ4v) is 2.15. The van der Waals surface area contributed by atoms with Crippen LogP contribution in [0.3, 0.4) is 0 Å². The number of anilines is 1. The maximum Gasteiger partial charge on any atom is 0.0715 e. The molecule has 0 spiro atoms. The predicted octanol–water partition coefficient (Wildman–Crippen LogP) is 2.03. The minimum atomic E-state index is -1.16. The van der Waals surface area contributed by atoms with E-state index in [1.54, 1.807) is 12.1 Å². The zero-order valence-corrected chi connectivity index (χ0v) is 10.5. The smallest absolute Gasteiger partial charge is 0.0715 e. The number of benzene rings is 1. The number of nitrogens with one attached hydrogen (secondary N) is 1. The maximum atomic E-state index is 10.6. The van der Waals surface area contributed by atoms with Gasteiger partial charge in [0.25, 0.3) is 0 Å². The van der Waals surface area contributed by atoms with E-state index in [1.165, 1.54) is 37.1 Å². The van der Waals surface area contributed by atoms with Crippen LogP contribution in [0.25, 0.3) is 0 Å². The second kappa shape index (κ2) is 5.67. The Labute approximate surface area is 107 Å². The van der Waals surface area contributed by atoms with Crippen molar-refractivity contribution in [1.29, 1.82) is 0 Å². The van der Waals surface area contributed by atoms with E-state index in [4.69, 9.17) is 0 Å². The molecule has 0 unspecified atom stereocenters. The molecule has 1 aliphatic rings. The molecule has 4 heteroatoms. The third-order valence-corrected chi connectivity index (χ3v) is 3.34. The molecule has 1 N–H and O–H groups in total. The first-order valence-electron chi connectivity index (χ1n) is 6.30. The van der Waals surface area contributed by atoms with Gasteiger partial charge in [-0.3, -0.25) is 5.43 Å². The number of rotatable bonds is 3. The molecule has 0 heterocycles. The first-order valence-corrected chi connectivity index (χ1v) is 6.30. The van der Waals surface area contributed by atoms with Gasteiger partial charge in [0.2, 0.25) is 0 Å². The van der Waals surface area contributed by atoms with Crippen LogP contribution >= 0.6 is 0 Å².